The van der Waals surface area contributed by atoms with Gasteiger partial charge < -0.3 is 10.1 Å². The van der Waals surface area contributed by atoms with Crippen LogP contribution in [0.1, 0.15) is 32.7 Å². The third-order valence-electron chi connectivity index (χ3n) is 4.93. The quantitative estimate of drug-likeness (QED) is 0.551. The van der Waals surface area contributed by atoms with Crippen LogP contribution in [0.25, 0.3) is 27.4 Å². The lowest BCUT2D eigenvalue weighted by Gasteiger charge is -2.11. The second-order valence-electron chi connectivity index (χ2n) is 6.53. The molecule has 27 heavy (non-hydrogen) atoms. The first-order valence-corrected chi connectivity index (χ1v) is 8.82. The normalized spacial score (nSPS) is 16.3. The third kappa shape index (κ3) is 2.25. The summed E-state index contributed by atoms with van der Waals surface area (Å²) in [5.74, 6) is -0.801. The Labute approximate surface area is 158 Å². The van der Waals surface area contributed by atoms with Gasteiger partial charge in [-0.2, -0.15) is 0 Å². The molecule has 0 saturated heterocycles. The number of carbonyl (C=O) groups excluding carboxylic acids is 2. The fourth-order valence-electron chi connectivity index (χ4n) is 3.78. The number of hydrogen-bond donors (Lipinski definition) is 3. The van der Waals surface area contributed by atoms with Gasteiger partial charge in [-0.15, -0.1) is 0 Å². The van der Waals surface area contributed by atoms with Gasteiger partial charge in [0.2, 0.25) is 0 Å². The molecule has 0 atom stereocenters. The van der Waals surface area contributed by atoms with Crippen LogP contribution in [0.15, 0.2) is 53.6 Å². The van der Waals surface area contributed by atoms with Gasteiger partial charge in [-0.05, 0) is 36.2 Å². The maximum atomic E-state index is 12.6. The van der Waals surface area contributed by atoms with E-state index in [1.807, 2.05) is 30.4 Å². The highest BCUT2D eigenvalue weighted by Crippen LogP contribution is 2.40. The molecule has 1 aliphatic heterocycles. The number of allylic oxidation sites excluding steroid dienone is 6. The highest BCUT2D eigenvalue weighted by atomic mass is 35.5. The van der Waals surface area contributed by atoms with E-state index in [9.17, 15) is 14.7 Å². The molecule has 3 aromatic rings. The van der Waals surface area contributed by atoms with Crippen molar-refractivity contribution in [3.8, 4) is 5.75 Å². The predicted molar refractivity (Wildman–Crippen MR) is 105 cm³/mol. The van der Waals surface area contributed by atoms with Gasteiger partial charge in [0.25, 0.3) is 11.8 Å². The molecule has 2 heterocycles. The molecular weight excluding hydrogens is 364 g/mol. The topological polar surface area (TPSA) is 82.2 Å². The summed E-state index contributed by atoms with van der Waals surface area (Å²) in [6.07, 6.45) is 8.25. The highest BCUT2D eigenvalue weighted by molar-refractivity contribution is 6.39. The number of rotatable bonds is 1. The van der Waals surface area contributed by atoms with Crippen molar-refractivity contribution < 1.29 is 14.7 Å². The predicted octanol–water partition coefficient (Wildman–Crippen LogP) is 4.38. The Morgan fingerprint density at radius 1 is 1.04 bits per heavy atom. The van der Waals surface area contributed by atoms with Gasteiger partial charge in [0.05, 0.1) is 11.1 Å². The largest absolute Gasteiger partial charge is 0.508 e. The molecule has 0 fully saturated rings. The molecule has 6 heteroatoms. The molecule has 3 N–H and O–H groups in total. The number of imide groups is 1. The van der Waals surface area contributed by atoms with Crippen molar-refractivity contribution in [3.63, 3.8) is 0 Å². The van der Waals surface area contributed by atoms with Gasteiger partial charge in [-0.3, -0.25) is 14.9 Å². The second kappa shape index (κ2) is 5.59. The van der Waals surface area contributed by atoms with Gasteiger partial charge >= 0.3 is 0 Å². The van der Waals surface area contributed by atoms with Crippen LogP contribution in [-0.2, 0) is 0 Å². The zero-order valence-electron chi connectivity index (χ0n) is 14.0. The molecule has 5 rings (SSSR count). The lowest BCUT2D eigenvalue weighted by atomic mass is 9.92. The zero-order valence-corrected chi connectivity index (χ0v) is 14.7. The average molecular weight is 377 g/mol. The minimum Gasteiger partial charge on any atom is -0.508 e. The van der Waals surface area contributed by atoms with E-state index >= 15 is 0 Å². The number of carbonyl (C=O) groups is 2. The van der Waals surface area contributed by atoms with Crippen LogP contribution in [0.5, 0.6) is 5.75 Å². The summed E-state index contributed by atoms with van der Waals surface area (Å²) < 4.78 is 0. The molecular formula is C21H13ClN2O3. The van der Waals surface area contributed by atoms with Gasteiger partial charge in [-0.1, -0.05) is 35.9 Å². The summed E-state index contributed by atoms with van der Waals surface area (Å²) >= 11 is 6.45. The van der Waals surface area contributed by atoms with Crippen LogP contribution in [0, 0.1) is 0 Å². The maximum absolute atomic E-state index is 12.6. The van der Waals surface area contributed by atoms with Gasteiger partial charge in [-0.25, -0.2) is 0 Å². The van der Waals surface area contributed by atoms with Crippen molar-refractivity contribution in [1.82, 2.24) is 10.3 Å². The van der Waals surface area contributed by atoms with Crippen LogP contribution in [0.2, 0.25) is 0 Å². The van der Waals surface area contributed by atoms with E-state index < -0.39 is 11.8 Å². The smallest absolute Gasteiger partial charge is 0.259 e. The maximum Gasteiger partial charge on any atom is 0.259 e. The van der Waals surface area contributed by atoms with Crippen molar-refractivity contribution in [1.29, 1.82) is 0 Å². The average Bonchev–Trinajstić information content (AvgIpc) is 3.04. The Kier molecular flexibility index (Phi) is 3.29. The van der Waals surface area contributed by atoms with Gasteiger partial charge in [0.1, 0.15) is 5.75 Å². The first-order valence-electron chi connectivity index (χ1n) is 8.45. The standard InChI is InChI=1S/C21H13ClN2O3/c22-14-5-3-1-2-4-11(14)12-9-16-17(19-18(12)20(26)24-21(19)27)13-8-10(25)6-7-15(13)23-16/h1-2,4-9,23,25H,3H2,(H,24,26,27). The highest BCUT2D eigenvalue weighted by Gasteiger charge is 2.34. The van der Waals surface area contributed by atoms with Crippen molar-refractivity contribution in [2.75, 3.05) is 0 Å². The zero-order chi connectivity index (χ0) is 18.7. The summed E-state index contributed by atoms with van der Waals surface area (Å²) in [6.45, 7) is 0. The fourth-order valence-corrected chi connectivity index (χ4v) is 4.03. The van der Waals surface area contributed by atoms with E-state index in [4.69, 9.17) is 11.6 Å². The minimum absolute atomic E-state index is 0.0912. The molecule has 0 radical (unpaired) electrons. The Balaban J connectivity index is 1.95. The van der Waals surface area contributed by atoms with E-state index in [1.54, 1.807) is 18.2 Å². The molecule has 2 amide bonds. The molecule has 132 valence electrons. The van der Waals surface area contributed by atoms with E-state index in [0.29, 0.717) is 50.0 Å². The summed E-state index contributed by atoms with van der Waals surface area (Å²) in [4.78, 5) is 28.5. The number of phenolic OH excluding ortho intramolecular Hbond substituents is 1. The summed E-state index contributed by atoms with van der Waals surface area (Å²) in [5, 5.41) is 14.1. The fraction of sp³-hybridized carbons (Fsp3) is 0.0476. The molecule has 0 bridgehead atoms. The number of aromatic nitrogens is 1. The Hall–Kier alpha value is -3.31. The summed E-state index contributed by atoms with van der Waals surface area (Å²) in [7, 11) is 0. The molecule has 0 saturated carbocycles. The lowest BCUT2D eigenvalue weighted by Crippen LogP contribution is -2.20. The number of hydrogen-bond acceptors (Lipinski definition) is 3. The lowest BCUT2D eigenvalue weighted by molar-refractivity contribution is 0.0880. The number of H-pyrrole nitrogens is 1. The Morgan fingerprint density at radius 2 is 1.85 bits per heavy atom. The first-order chi connectivity index (χ1) is 13.0. The van der Waals surface area contributed by atoms with Crippen LogP contribution in [0.3, 0.4) is 0 Å². The number of aromatic hydroxyl groups is 1. The second-order valence-corrected chi connectivity index (χ2v) is 6.94. The van der Waals surface area contributed by atoms with Crippen molar-refractivity contribution >= 4 is 50.8 Å². The van der Waals surface area contributed by atoms with Crippen molar-refractivity contribution in [3.05, 3.63) is 70.3 Å². The Bertz CT molecular complexity index is 1280. The van der Waals surface area contributed by atoms with E-state index in [2.05, 4.69) is 10.3 Å². The molecule has 1 aromatic heterocycles. The number of aromatic amines is 1. The van der Waals surface area contributed by atoms with Gasteiger partial charge in [0, 0.05) is 32.4 Å². The van der Waals surface area contributed by atoms with Gasteiger partial charge in [0.15, 0.2) is 0 Å². The van der Waals surface area contributed by atoms with E-state index in [-0.39, 0.29) is 5.75 Å². The summed E-state index contributed by atoms with van der Waals surface area (Å²) in [5.41, 5.74) is 3.38. The van der Waals surface area contributed by atoms with Crippen molar-refractivity contribution in [2.24, 2.45) is 0 Å². The third-order valence-corrected chi connectivity index (χ3v) is 5.29. The van der Waals surface area contributed by atoms with Crippen LogP contribution in [0.4, 0.5) is 0 Å². The molecule has 5 nitrogen and oxygen atoms in total. The molecule has 1 aliphatic carbocycles. The SMILES string of the molecule is O=C1NC(=O)c2c1c(C1=CC=CCC=C1Cl)cc1[nH]c3ccc(O)cc3c21. The monoisotopic (exact) mass is 376 g/mol. The number of halogens is 1. The summed E-state index contributed by atoms with van der Waals surface area (Å²) in [6, 6.07) is 6.74. The number of fused-ring (bicyclic) bond motifs is 5. The number of amides is 2. The molecule has 0 spiro atoms. The number of nitrogens with one attached hydrogen (secondary N) is 2. The van der Waals surface area contributed by atoms with Crippen LogP contribution >= 0.6 is 11.6 Å². The minimum atomic E-state index is -0.448. The van der Waals surface area contributed by atoms with Crippen molar-refractivity contribution in [2.45, 2.75) is 6.42 Å². The van der Waals surface area contributed by atoms with Crippen LogP contribution in [-0.4, -0.2) is 21.9 Å². The molecule has 2 aliphatic rings. The van der Waals surface area contributed by atoms with Crippen LogP contribution < -0.4 is 5.32 Å². The number of phenols is 1. The van der Waals surface area contributed by atoms with E-state index in [0.717, 1.165) is 5.52 Å². The number of benzene rings is 2. The first kappa shape index (κ1) is 15.9. The van der Waals surface area contributed by atoms with E-state index in [1.165, 1.54) is 0 Å². The molecule has 2 aromatic carbocycles. The molecule has 0 unspecified atom stereocenters. The Morgan fingerprint density at radius 3 is 2.70 bits per heavy atom.